The van der Waals surface area contributed by atoms with E-state index >= 15 is 0 Å². The normalized spacial score (nSPS) is 21.2. The molecular weight excluding hydrogens is 478 g/mol. The molecule has 3 aliphatic heterocycles. The van der Waals surface area contributed by atoms with E-state index in [1.165, 1.54) is 4.90 Å². The van der Waals surface area contributed by atoms with E-state index in [0.29, 0.717) is 35.6 Å². The van der Waals surface area contributed by atoms with Gasteiger partial charge in [-0.3, -0.25) is 19.7 Å². The van der Waals surface area contributed by atoms with E-state index < -0.39 is 11.9 Å². The molecule has 1 unspecified atom stereocenters. The van der Waals surface area contributed by atoms with Crippen LogP contribution in [-0.4, -0.2) is 63.0 Å². The Balaban J connectivity index is 1.11. The zero-order chi connectivity index (χ0) is 25.4. The van der Waals surface area contributed by atoms with Crippen molar-refractivity contribution >= 4 is 17.7 Å². The fourth-order valence-electron chi connectivity index (χ4n) is 4.81. The Labute approximate surface area is 212 Å². The minimum Gasteiger partial charge on any atom is -0.488 e. The third-order valence-electron chi connectivity index (χ3n) is 6.75. The van der Waals surface area contributed by atoms with Crippen molar-refractivity contribution in [2.75, 3.05) is 13.2 Å². The molecule has 3 amide bonds. The highest BCUT2D eigenvalue weighted by molar-refractivity contribution is 6.05. The number of ether oxygens (including phenoxy) is 3. The summed E-state index contributed by atoms with van der Waals surface area (Å²) in [4.78, 5) is 38.3. The summed E-state index contributed by atoms with van der Waals surface area (Å²) in [5.74, 6) is 0.331. The largest absolute Gasteiger partial charge is 0.488 e. The maximum atomic E-state index is 13.0. The lowest BCUT2D eigenvalue weighted by Crippen LogP contribution is -2.52. The molecule has 6 rings (SSSR count). The second kappa shape index (κ2) is 9.66. The average molecular weight is 504 g/mol. The van der Waals surface area contributed by atoms with Crippen molar-refractivity contribution in [3.63, 3.8) is 0 Å². The van der Waals surface area contributed by atoms with Crippen molar-refractivity contribution in [1.82, 2.24) is 25.2 Å². The number of rotatable bonds is 7. The minimum atomic E-state index is -0.673. The molecule has 2 atom stereocenters. The minimum absolute atomic E-state index is 0.0896. The van der Waals surface area contributed by atoms with E-state index in [0.717, 1.165) is 24.5 Å². The lowest BCUT2D eigenvalue weighted by atomic mass is 10.0. The Morgan fingerprint density at radius 3 is 2.73 bits per heavy atom. The van der Waals surface area contributed by atoms with Crippen LogP contribution in [0, 0.1) is 0 Å². The van der Waals surface area contributed by atoms with Gasteiger partial charge in [0, 0.05) is 24.0 Å². The van der Waals surface area contributed by atoms with E-state index in [9.17, 15) is 14.4 Å². The molecule has 1 N–H and O–H groups in total. The molecule has 11 heteroatoms. The van der Waals surface area contributed by atoms with Gasteiger partial charge in [0.1, 0.15) is 35.9 Å². The van der Waals surface area contributed by atoms with Crippen LogP contribution in [0.3, 0.4) is 0 Å². The van der Waals surface area contributed by atoms with Gasteiger partial charge in [0.2, 0.25) is 11.8 Å². The number of amides is 3. The predicted octanol–water partition coefficient (Wildman–Crippen LogP) is 1.77. The Kier molecular flexibility index (Phi) is 6.05. The smallest absolute Gasteiger partial charge is 0.255 e. The van der Waals surface area contributed by atoms with Crippen LogP contribution in [0.5, 0.6) is 11.5 Å². The van der Waals surface area contributed by atoms with Crippen LogP contribution in [0.15, 0.2) is 48.7 Å². The molecule has 2 saturated heterocycles. The fraction of sp³-hybridized carbons (Fsp3) is 0.346. The number of fused-ring (bicyclic) bond motifs is 1. The number of nitrogens with zero attached hydrogens (tertiary/aromatic N) is 4. The highest BCUT2D eigenvalue weighted by atomic mass is 16.5. The van der Waals surface area contributed by atoms with Crippen LogP contribution < -0.4 is 14.8 Å². The summed E-state index contributed by atoms with van der Waals surface area (Å²) in [7, 11) is 0. The van der Waals surface area contributed by atoms with Gasteiger partial charge in [-0.25, -0.2) is 4.68 Å². The first-order chi connectivity index (χ1) is 18.0. The molecule has 0 bridgehead atoms. The summed E-state index contributed by atoms with van der Waals surface area (Å²) in [5, 5.41) is 10.7. The van der Waals surface area contributed by atoms with E-state index in [4.69, 9.17) is 14.2 Å². The summed E-state index contributed by atoms with van der Waals surface area (Å²) in [6.45, 7) is 1.74. The number of nitrogens with one attached hydrogen (secondary N) is 1. The molecule has 3 aromatic rings. The standard InChI is InChI=1S/C26H25N5O6/c32-24-9-8-22(25(33)27-24)30-13-21-20(26(30)34)2-1-3-23(21)36-14-16-12-31(29-28-16)17-4-6-18(7-5-17)37-19-10-11-35-15-19/h1-7,12,19,22H,8-11,13-15H2,(H,27,32,33)/t19-,22?/m0/s1. The van der Waals surface area contributed by atoms with Crippen molar-refractivity contribution in [2.24, 2.45) is 0 Å². The number of carbonyl (C=O) groups excluding carboxylic acids is 3. The van der Waals surface area contributed by atoms with Crippen LogP contribution in [0.2, 0.25) is 0 Å². The van der Waals surface area contributed by atoms with E-state index in [2.05, 4.69) is 15.6 Å². The van der Waals surface area contributed by atoms with Gasteiger partial charge >= 0.3 is 0 Å². The van der Waals surface area contributed by atoms with Gasteiger partial charge in [0.25, 0.3) is 5.91 Å². The number of hydrogen-bond donors (Lipinski definition) is 1. The monoisotopic (exact) mass is 503 g/mol. The number of benzene rings is 2. The number of piperidine rings is 1. The molecule has 0 radical (unpaired) electrons. The zero-order valence-corrected chi connectivity index (χ0v) is 20.0. The topological polar surface area (TPSA) is 125 Å². The van der Waals surface area contributed by atoms with Crippen molar-refractivity contribution in [2.45, 2.75) is 44.6 Å². The average Bonchev–Trinajstić information content (AvgIpc) is 3.65. The third-order valence-corrected chi connectivity index (χ3v) is 6.75. The quantitative estimate of drug-likeness (QED) is 0.484. The lowest BCUT2D eigenvalue weighted by Gasteiger charge is -2.29. The van der Waals surface area contributed by atoms with Crippen molar-refractivity contribution in [3.8, 4) is 17.2 Å². The summed E-state index contributed by atoms with van der Waals surface area (Å²) in [6.07, 6.45) is 3.28. The van der Waals surface area contributed by atoms with Gasteiger partial charge in [-0.15, -0.1) is 5.10 Å². The van der Waals surface area contributed by atoms with Crippen LogP contribution in [-0.2, 0) is 27.5 Å². The molecule has 11 nitrogen and oxygen atoms in total. The molecule has 0 saturated carbocycles. The summed E-state index contributed by atoms with van der Waals surface area (Å²) in [6, 6.07) is 12.2. The van der Waals surface area contributed by atoms with E-state index in [1.807, 2.05) is 24.3 Å². The second-order valence-electron chi connectivity index (χ2n) is 9.22. The SMILES string of the molecule is O=C1CCC(N2Cc3c(OCc4cn(-c5ccc(O[C@H]6CCOC6)cc5)nn4)cccc3C2=O)C(=O)N1. The first-order valence-corrected chi connectivity index (χ1v) is 12.2. The Hall–Kier alpha value is -4.25. The van der Waals surface area contributed by atoms with Crippen LogP contribution >= 0.6 is 0 Å². The predicted molar refractivity (Wildman–Crippen MR) is 128 cm³/mol. The Morgan fingerprint density at radius 2 is 1.95 bits per heavy atom. The van der Waals surface area contributed by atoms with Gasteiger partial charge in [-0.1, -0.05) is 11.3 Å². The highest BCUT2D eigenvalue weighted by Gasteiger charge is 2.40. The molecule has 37 heavy (non-hydrogen) atoms. The first-order valence-electron chi connectivity index (χ1n) is 12.2. The Bertz CT molecular complexity index is 1350. The van der Waals surface area contributed by atoms with Gasteiger partial charge < -0.3 is 19.1 Å². The van der Waals surface area contributed by atoms with Crippen molar-refractivity contribution < 1.29 is 28.6 Å². The Morgan fingerprint density at radius 1 is 1.08 bits per heavy atom. The molecule has 0 spiro atoms. The number of hydrogen-bond acceptors (Lipinski definition) is 8. The van der Waals surface area contributed by atoms with Gasteiger partial charge in [0.05, 0.1) is 31.6 Å². The van der Waals surface area contributed by atoms with Crippen molar-refractivity contribution in [1.29, 1.82) is 0 Å². The first kappa shape index (κ1) is 23.2. The number of carbonyl (C=O) groups is 3. The van der Waals surface area contributed by atoms with Gasteiger partial charge in [-0.2, -0.15) is 0 Å². The molecular formula is C26H25N5O6. The van der Waals surface area contributed by atoms with Crippen molar-refractivity contribution in [3.05, 3.63) is 65.5 Å². The number of aromatic nitrogens is 3. The molecule has 0 aliphatic carbocycles. The number of imide groups is 1. The summed E-state index contributed by atoms with van der Waals surface area (Å²) < 4.78 is 18.9. The van der Waals surface area contributed by atoms with Gasteiger partial charge in [-0.05, 0) is 42.8 Å². The van der Waals surface area contributed by atoms with Crippen LogP contribution in [0.4, 0.5) is 0 Å². The molecule has 1 aromatic heterocycles. The van der Waals surface area contributed by atoms with E-state index in [1.54, 1.807) is 29.1 Å². The summed E-state index contributed by atoms with van der Waals surface area (Å²) in [5.41, 5.74) is 2.66. The molecule has 190 valence electrons. The van der Waals surface area contributed by atoms with Crippen LogP contribution in [0.25, 0.3) is 5.69 Å². The zero-order valence-electron chi connectivity index (χ0n) is 20.0. The molecule has 4 heterocycles. The second-order valence-corrected chi connectivity index (χ2v) is 9.22. The molecule has 2 aromatic carbocycles. The molecule has 3 aliphatic rings. The summed E-state index contributed by atoms with van der Waals surface area (Å²) >= 11 is 0. The molecule has 2 fully saturated rings. The van der Waals surface area contributed by atoms with E-state index in [-0.39, 0.29) is 37.5 Å². The van der Waals surface area contributed by atoms with Crippen LogP contribution in [0.1, 0.15) is 40.9 Å². The third kappa shape index (κ3) is 4.65. The fourth-order valence-corrected chi connectivity index (χ4v) is 4.81. The lowest BCUT2D eigenvalue weighted by molar-refractivity contribution is -0.136. The maximum Gasteiger partial charge on any atom is 0.255 e. The maximum absolute atomic E-state index is 13.0. The highest BCUT2D eigenvalue weighted by Crippen LogP contribution is 2.34. The van der Waals surface area contributed by atoms with Gasteiger partial charge in [0.15, 0.2) is 0 Å².